The van der Waals surface area contributed by atoms with E-state index < -0.39 is 0 Å². The van der Waals surface area contributed by atoms with Gasteiger partial charge in [-0.05, 0) is 72.0 Å². The van der Waals surface area contributed by atoms with Gasteiger partial charge in [-0.2, -0.15) is 0 Å². The number of carbonyl (C=O) groups is 1. The van der Waals surface area contributed by atoms with Crippen molar-refractivity contribution in [3.63, 3.8) is 0 Å². The minimum absolute atomic E-state index is 0.168. The lowest BCUT2D eigenvalue weighted by Crippen LogP contribution is -2.17. The van der Waals surface area contributed by atoms with E-state index in [1.807, 2.05) is 36.4 Å². The summed E-state index contributed by atoms with van der Waals surface area (Å²) < 4.78 is 8.19. The van der Waals surface area contributed by atoms with Crippen molar-refractivity contribution in [2.24, 2.45) is 0 Å². The van der Waals surface area contributed by atoms with Crippen molar-refractivity contribution in [2.45, 2.75) is 6.61 Å². The number of fused-ring (bicyclic) bond motifs is 1. The van der Waals surface area contributed by atoms with E-state index in [2.05, 4.69) is 61.4 Å². The molecule has 1 saturated heterocycles. The summed E-state index contributed by atoms with van der Waals surface area (Å²) >= 11 is 13.5. The monoisotopic (exact) mass is 533 g/mol. The number of halogens is 2. The second-order valence-corrected chi connectivity index (χ2v) is 9.52. The van der Waals surface area contributed by atoms with Crippen LogP contribution in [0, 0.1) is 0 Å². The molecule has 3 nitrogen and oxygen atoms in total. The number of amides is 1. The van der Waals surface area contributed by atoms with Gasteiger partial charge >= 0.3 is 0 Å². The van der Waals surface area contributed by atoms with Gasteiger partial charge in [0.2, 0.25) is 0 Å². The molecule has 3 aromatic carbocycles. The molecule has 1 N–H and O–H groups in total. The summed E-state index contributed by atoms with van der Waals surface area (Å²) in [5, 5.41) is 4.99. The first-order valence-electron chi connectivity index (χ1n) is 8.34. The Morgan fingerprint density at radius 3 is 2.50 bits per heavy atom. The number of hydrogen-bond donors (Lipinski definition) is 1. The number of carbonyl (C=O) groups excluding carboxylic acids is 1. The number of nitrogens with one attached hydrogen (secondary N) is 1. The number of thioether (sulfide) groups is 1. The first-order chi connectivity index (χ1) is 13.5. The zero-order chi connectivity index (χ0) is 19.7. The Balaban J connectivity index is 1.58. The molecule has 0 atom stereocenters. The van der Waals surface area contributed by atoms with Gasteiger partial charge in [-0.1, -0.05) is 66.4 Å². The highest BCUT2D eigenvalue weighted by molar-refractivity contribution is 9.11. The van der Waals surface area contributed by atoms with E-state index in [1.54, 1.807) is 0 Å². The fourth-order valence-electron chi connectivity index (χ4n) is 2.94. The normalized spacial score (nSPS) is 15.3. The molecule has 1 fully saturated rings. The molecule has 1 heterocycles. The minimum Gasteiger partial charge on any atom is -0.487 e. The van der Waals surface area contributed by atoms with Crippen LogP contribution in [0.15, 0.2) is 68.4 Å². The van der Waals surface area contributed by atoms with E-state index in [1.165, 1.54) is 22.5 Å². The van der Waals surface area contributed by atoms with Crippen LogP contribution in [0.3, 0.4) is 0 Å². The third-order valence-electron chi connectivity index (χ3n) is 4.21. The average Bonchev–Trinajstić information content (AvgIpc) is 2.98. The topological polar surface area (TPSA) is 38.3 Å². The van der Waals surface area contributed by atoms with Gasteiger partial charge in [0.15, 0.2) is 0 Å². The maximum atomic E-state index is 11.9. The van der Waals surface area contributed by atoms with Crippen LogP contribution in [0.5, 0.6) is 5.75 Å². The summed E-state index contributed by atoms with van der Waals surface area (Å²) in [5.41, 5.74) is 1.99. The molecule has 0 spiro atoms. The molecule has 1 amide bonds. The first-order valence-corrected chi connectivity index (χ1v) is 11.2. The lowest BCUT2D eigenvalue weighted by atomic mass is 10.1. The van der Waals surface area contributed by atoms with Crippen LogP contribution >= 0.6 is 55.8 Å². The molecule has 140 valence electrons. The van der Waals surface area contributed by atoms with Crippen molar-refractivity contribution in [1.29, 1.82) is 0 Å². The van der Waals surface area contributed by atoms with Crippen LogP contribution < -0.4 is 10.1 Å². The number of rotatable bonds is 4. The van der Waals surface area contributed by atoms with Crippen molar-refractivity contribution in [3.8, 4) is 5.75 Å². The largest absolute Gasteiger partial charge is 0.487 e. The Hall–Kier alpha value is -1.67. The van der Waals surface area contributed by atoms with Crippen LogP contribution in [0.2, 0.25) is 0 Å². The highest BCUT2D eigenvalue weighted by Crippen LogP contribution is 2.37. The van der Waals surface area contributed by atoms with Gasteiger partial charge < -0.3 is 10.1 Å². The highest BCUT2D eigenvalue weighted by atomic mass is 79.9. The Bertz CT molecular complexity index is 1120. The zero-order valence-corrected chi connectivity index (χ0v) is 19.2. The van der Waals surface area contributed by atoms with Gasteiger partial charge in [0, 0.05) is 0 Å². The molecule has 0 unspecified atom stereocenters. The molecule has 0 radical (unpaired) electrons. The van der Waals surface area contributed by atoms with E-state index in [9.17, 15) is 4.79 Å². The number of hydrogen-bond acceptors (Lipinski definition) is 4. The number of benzene rings is 3. The maximum absolute atomic E-state index is 11.9. The van der Waals surface area contributed by atoms with Crippen molar-refractivity contribution in [3.05, 3.63) is 79.6 Å². The maximum Gasteiger partial charge on any atom is 0.263 e. The summed E-state index contributed by atoms with van der Waals surface area (Å²) in [7, 11) is 0. The van der Waals surface area contributed by atoms with Crippen LogP contribution in [0.4, 0.5) is 0 Å². The number of thiocarbonyl (C=S) groups is 1. The molecule has 3 aromatic rings. The van der Waals surface area contributed by atoms with Gasteiger partial charge in [-0.15, -0.1) is 0 Å². The third-order valence-corrected chi connectivity index (χ3v) is 6.55. The Morgan fingerprint density at radius 2 is 1.79 bits per heavy atom. The molecular formula is C21H13Br2NO2S2. The van der Waals surface area contributed by atoms with Gasteiger partial charge in [0.05, 0.1) is 13.9 Å². The first kappa shape index (κ1) is 19.6. The minimum atomic E-state index is -0.168. The lowest BCUT2D eigenvalue weighted by molar-refractivity contribution is -0.115. The third kappa shape index (κ3) is 4.17. The van der Waals surface area contributed by atoms with E-state index in [0.29, 0.717) is 21.6 Å². The van der Waals surface area contributed by atoms with E-state index >= 15 is 0 Å². The predicted molar refractivity (Wildman–Crippen MR) is 126 cm³/mol. The van der Waals surface area contributed by atoms with Crippen molar-refractivity contribution >= 4 is 82.9 Å². The molecular weight excluding hydrogens is 522 g/mol. The van der Waals surface area contributed by atoms with Gasteiger partial charge in [0.25, 0.3) is 5.91 Å². The summed E-state index contributed by atoms with van der Waals surface area (Å²) in [6.45, 7) is 0.450. The van der Waals surface area contributed by atoms with Crippen LogP contribution in [-0.4, -0.2) is 10.2 Å². The SMILES string of the molecule is O=C1NC(=S)S/C1=C/c1cc(Br)c(OCc2cccc3ccccc23)c(Br)c1. The van der Waals surface area contributed by atoms with Crippen LogP contribution in [0.25, 0.3) is 16.8 Å². The lowest BCUT2D eigenvalue weighted by Gasteiger charge is -2.13. The fraction of sp³-hybridized carbons (Fsp3) is 0.0476. The van der Waals surface area contributed by atoms with Crippen molar-refractivity contribution in [2.75, 3.05) is 0 Å². The Labute approximate surface area is 188 Å². The summed E-state index contributed by atoms with van der Waals surface area (Å²) in [5.74, 6) is 0.549. The zero-order valence-electron chi connectivity index (χ0n) is 14.4. The van der Waals surface area contributed by atoms with Crippen LogP contribution in [0.1, 0.15) is 11.1 Å². The molecule has 1 aliphatic heterocycles. The molecule has 0 aliphatic carbocycles. The second kappa shape index (κ2) is 8.37. The smallest absolute Gasteiger partial charge is 0.263 e. The average molecular weight is 535 g/mol. The number of ether oxygens (including phenoxy) is 1. The molecule has 0 saturated carbocycles. The molecule has 1 aliphatic rings. The second-order valence-electron chi connectivity index (χ2n) is 6.09. The van der Waals surface area contributed by atoms with Crippen molar-refractivity contribution in [1.82, 2.24) is 5.32 Å². The van der Waals surface area contributed by atoms with Gasteiger partial charge in [0.1, 0.15) is 16.7 Å². The Kier molecular flexibility index (Phi) is 5.87. The van der Waals surface area contributed by atoms with Gasteiger partial charge in [-0.25, -0.2) is 0 Å². The molecule has 4 rings (SSSR count). The van der Waals surface area contributed by atoms with Gasteiger partial charge in [-0.3, -0.25) is 4.79 Å². The molecule has 0 bridgehead atoms. The summed E-state index contributed by atoms with van der Waals surface area (Å²) in [6, 6.07) is 18.3. The molecule has 28 heavy (non-hydrogen) atoms. The Morgan fingerprint density at radius 1 is 1.07 bits per heavy atom. The quantitative estimate of drug-likeness (QED) is 0.309. The molecule has 7 heteroatoms. The van der Waals surface area contributed by atoms with E-state index in [4.69, 9.17) is 17.0 Å². The fourth-order valence-corrected chi connectivity index (χ4v) is 5.44. The van der Waals surface area contributed by atoms with E-state index in [-0.39, 0.29) is 5.91 Å². The summed E-state index contributed by atoms with van der Waals surface area (Å²) in [6.07, 6.45) is 1.81. The summed E-state index contributed by atoms with van der Waals surface area (Å²) in [4.78, 5) is 12.4. The van der Waals surface area contributed by atoms with E-state index in [0.717, 1.165) is 20.1 Å². The van der Waals surface area contributed by atoms with Crippen molar-refractivity contribution < 1.29 is 9.53 Å². The molecule has 0 aromatic heterocycles. The van der Waals surface area contributed by atoms with Crippen LogP contribution in [-0.2, 0) is 11.4 Å². The predicted octanol–water partition coefficient (Wildman–Crippen LogP) is 6.43. The standard InChI is InChI=1S/C21H13Br2NO2S2/c22-16-8-12(10-18-20(25)24-21(27)28-18)9-17(23)19(16)26-11-14-6-3-5-13-4-1-2-7-15(13)14/h1-10H,11H2,(H,24,25,27)/b18-10+. The highest BCUT2D eigenvalue weighted by Gasteiger charge is 2.22.